The van der Waals surface area contributed by atoms with Gasteiger partial charge in [-0.25, -0.2) is 0 Å². The van der Waals surface area contributed by atoms with Gasteiger partial charge in [-0.2, -0.15) is 5.26 Å². The van der Waals surface area contributed by atoms with Crippen LogP contribution in [0.3, 0.4) is 0 Å². The molecule has 2 aromatic carbocycles. The summed E-state index contributed by atoms with van der Waals surface area (Å²) in [5.74, 6) is 1.22. The Labute approximate surface area is 171 Å². The highest BCUT2D eigenvalue weighted by Crippen LogP contribution is 2.29. The number of carbonyl (C=O) groups is 1. The van der Waals surface area contributed by atoms with E-state index in [1.54, 1.807) is 43.5 Å². The zero-order valence-electron chi connectivity index (χ0n) is 17.0. The Morgan fingerprint density at radius 1 is 1.10 bits per heavy atom. The number of carbonyl (C=O) groups excluding carboxylic acids is 1. The first-order valence-corrected chi connectivity index (χ1v) is 9.58. The summed E-state index contributed by atoms with van der Waals surface area (Å²) in [6.07, 6.45) is 3.50. The molecule has 0 fully saturated rings. The minimum Gasteiger partial charge on any atom is -0.493 e. The van der Waals surface area contributed by atoms with Gasteiger partial charge in [0, 0.05) is 0 Å². The Hall–Kier alpha value is -3.46. The summed E-state index contributed by atoms with van der Waals surface area (Å²) in [5, 5.41) is 12.2. The maximum atomic E-state index is 12.6. The number of nitriles is 1. The van der Waals surface area contributed by atoms with Crippen LogP contribution in [0.4, 0.5) is 5.69 Å². The third-order valence-electron chi connectivity index (χ3n) is 4.05. The van der Waals surface area contributed by atoms with Gasteiger partial charge in [-0.1, -0.05) is 31.5 Å². The number of benzene rings is 2. The molecule has 0 bridgehead atoms. The lowest BCUT2D eigenvalue weighted by atomic mass is 10.1. The van der Waals surface area contributed by atoms with E-state index in [0.29, 0.717) is 41.7 Å². The molecule has 2 aromatic rings. The smallest absolute Gasteiger partial charge is 0.266 e. The lowest BCUT2D eigenvalue weighted by Gasteiger charge is -2.12. The van der Waals surface area contributed by atoms with Crippen LogP contribution in [0.2, 0.25) is 0 Å². The van der Waals surface area contributed by atoms with Crippen LogP contribution < -0.4 is 19.5 Å². The van der Waals surface area contributed by atoms with E-state index < -0.39 is 5.91 Å². The van der Waals surface area contributed by atoms with E-state index in [2.05, 4.69) is 12.2 Å². The Bertz CT molecular complexity index is 900. The molecule has 0 atom stereocenters. The third-order valence-corrected chi connectivity index (χ3v) is 4.05. The van der Waals surface area contributed by atoms with Crippen molar-refractivity contribution in [2.45, 2.75) is 26.7 Å². The molecule has 1 amide bonds. The zero-order chi connectivity index (χ0) is 21.1. The SMILES string of the molecule is CCCCOc1ccc(/C=C(\C#N)C(=O)Nc2ccccc2OCC)cc1OC. The minimum absolute atomic E-state index is 0.0296. The number of anilines is 1. The molecule has 2 rings (SSSR count). The summed E-state index contributed by atoms with van der Waals surface area (Å²) >= 11 is 0. The molecule has 0 unspecified atom stereocenters. The first kappa shape index (κ1) is 21.8. The number of nitrogens with one attached hydrogen (secondary N) is 1. The average Bonchev–Trinajstić information content (AvgIpc) is 2.74. The van der Waals surface area contributed by atoms with Crippen molar-refractivity contribution in [2.24, 2.45) is 0 Å². The van der Waals surface area contributed by atoms with Crippen LogP contribution in [0.25, 0.3) is 6.08 Å². The van der Waals surface area contributed by atoms with Gasteiger partial charge in [-0.3, -0.25) is 4.79 Å². The normalized spacial score (nSPS) is 10.8. The van der Waals surface area contributed by atoms with Crippen LogP contribution in [-0.4, -0.2) is 26.2 Å². The maximum Gasteiger partial charge on any atom is 0.266 e. The van der Waals surface area contributed by atoms with E-state index in [9.17, 15) is 10.1 Å². The average molecular weight is 394 g/mol. The van der Waals surface area contributed by atoms with E-state index in [-0.39, 0.29) is 5.57 Å². The molecule has 0 aromatic heterocycles. The van der Waals surface area contributed by atoms with Crippen molar-refractivity contribution in [1.82, 2.24) is 0 Å². The number of nitrogens with zero attached hydrogens (tertiary/aromatic N) is 1. The summed E-state index contributed by atoms with van der Waals surface area (Å²) in [5.41, 5.74) is 1.14. The number of rotatable bonds is 10. The number of ether oxygens (including phenoxy) is 3. The van der Waals surface area contributed by atoms with E-state index in [4.69, 9.17) is 14.2 Å². The molecule has 0 heterocycles. The predicted molar refractivity (Wildman–Crippen MR) is 113 cm³/mol. The Morgan fingerprint density at radius 2 is 1.90 bits per heavy atom. The highest BCUT2D eigenvalue weighted by atomic mass is 16.5. The first-order chi connectivity index (χ1) is 14.1. The molecule has 6 nitrogen and oxygen atoms in total. The second-order valence-electron chi connectivity index (χ2n) is 6.17. The first-order valence-electron chi connectivity index (χ1n) is 9.58. The van der Waals surface area contributed by atoms with Crippen LogP contribution in [0.1, 0.15) is 32.3 Å². The van der Waals surface area contributed by atoms with Crippen molar-refractivity contribution in [3.05, 3.63) is 53.6 Å². The molecule has 6 heteroatoms. The van der Waals surface area contributed by atoms with Gasteiger partial charge in [0.2, 0.25) is 0 Å². The summed E-state index contributed by atoms with van der Waals surface area (Å²) in [6, 6.07) is 14.3. The van der Waals surface area contributed by atoms with Crippen LogP contribution in [0.15, 0.2) is 48.0 Å². The topological polar surface area (TPSA) is 80.6 Å². The van der Waals surface area contributed by atoms with Crippen LogP contribution in [0.5, 0.6) is 17.2 Å². The molecular weight excluding hydrogens is 368 g/mol. The number of unbranched alkanes of at least 4 members (excludes halogenated alkanes) is 1. The molecule has 0 saturated carbocycles. The maximum absolute atomic E-state index is 12.6. The van der Waals surface area contributed by atoms with Crippen LogP contribution >= 0.6 is 0 Å². The molecule has 1 N–H and O–H groups in total. The highest BCUT2D eigenvalue weighted by Gasteiger charge is 2.13. The van der Waals surface area contributed by atoms with E-state index >= 15 is 0 Å². The van der Waals surface area contributed by atoms with Gasteiger partial charge >= 0.3 is 0 Å². The Kier molecular flexibility index (Phi) is 8.58. The summed E-state index contributed by atoms with van der Waals surface area (Å²) in [7, 11) is 1.55. The second-order valence-corrected chi connectivity index (χ2v) is 6.17. The third kappa shape index (κ3) is 6.28. The highest BCUT2D eigenvalue weighted by molar-refractivity contribution is 6.10. The molecule has 0 aliphatic heterocycles. The number of methoxy groups -OCH3 is 1. The van der Waals surface area contributed by atoms with Crippen LogP contribution in [-0.2, 0) is 4.79 Å². The molecule has 29 heavy (non-hydrogen) atoms. The zero-order valence-corrected chi connectivity index (χ0v) is 17.0. The fraction of sp³-hybridized carbons (Fsp3) is 0.304. The van der Waals surface area contributed by atoms with Crippen LogP contribution in [0, 0.1) is 11.3 Å². The molecular formula is C23H26N2O4. The van der Waals surface area contributed by atoms with Crippen molar-refractivity contribution >= 4 is 17.7 Å². The quantitative estimate of drug-likeness (QED) is 0.355. The van der Waals surface area contributed by atoms with Gasteiger partial charge in [0.1, 0.15) is 17.4 Å². The number of amides is 1. The number of hydrogen-bond acceptors (Lipinski definition) is 5. The minimum atomic E-state index is -0.512. The molecule has 0 spiro atoms. The van der Waals surface area contributed by atoms with Gasteiger partial charge in [0.05, 0.1) is 26.0 Å². The van der Waals surface area contributed by atoms with Crippen molar-refractivity contribution in [3.63, 3.8) is 0 Å². The summed E-state index contributed by atoms with van der Waals surface area (Å²) in [4.78, 5) is 12.6. The van der Waals surface area contributed by atoms with E-state index in [1.165, 1.54) is 6.08 Å². The molecule has 0 aliphatic rings. The second kappa shape index (κ2) is 11.4. The van der Waals surface area contributed by atoms with Gasteiger partial charge in [-0.05, 0) is 49.2 Å². The van der Waals surface area contributed by atoms with Crippen molar-refractivity contribution in [2.75, 3.05) is 25.6 Å². The number of hydrogen-bond donors (Lipinski definition) is 1. The van der Waals surface area contributed by atoms with Gasteiger partial charge in [0.15, 0.2) is 11.5 Å². The van der Waals surface area contributed by atoms with Crippen molar-refractivity contribution in [1.29, 1.82) is 5.26 Å². The lowest BCUT2D eigenvalue weighted by Crippen LogP contribution is -2.14. The standard InChI is InChI=1S/C23H26N2O4/c1-4-6-13-29-21-12-11-17(15-22(21)27-3)14-18(16-24)23(26)25-19-9-7-8-10-20(19)28-5-2/h7-12,14-15H,4-6,13H2,1-3H3,(H,25,26)/b18-14+. The van der Waals surface area contributed by atoms with Gasteiger partial charge in [0.25, 0.3) is 5.91 Å². The van der Waals surface area contributed by atoms with E-state index in [1.807, 2.05) is 19.1 Å². The predicted octanol–water partition coefficient (Wildman–Crippen LogP) is 4.82. The molecule has 0 aliphatic carbocycles. The fourth-order valence-electron chi connectivity index (χ4n) is 2.58. The molecule has 0 radical (unpaired) electrons. The monoisotopic (exact) mass is 394 g/mol. The fourth-order valence-corrected chi connectivity index (χ4v) is 2.58. The molecule has 152 valence electrons. The largest absolute Gasteiger partial charge is 0.493 e. The lowest BCUT2D eigenvalue weighted by molar-refractivity contribution is -0.112. The Balaban J connectivity index is 2.20. The van der Waals surface area contributed by atoms with E-state index in [0.717, 1.165) is 12.8 Å². The summed E-state index contributed by atoms with van der Waals surface area (Å²) in [6.45, 7) is 5.03. The van der Waals surface area contributed by atoms with Crippen molar-refractivity contribution < 1.29 is 19.0 Å². The number of para-hydroxylation sites is 2. The van der Waals surface area contributed by atoms with Gasteiger partial charge in [-0.15, -0.1) is 0 Å². The molecule has 0 saturated heterocycles. The summed E-state index contributed by atoms with van der Waals surface area (Å²) < 4.78 is 16.6. The Morgan fingerprint density at radius 3 is 2.59 bits per heavy atom. The van der Waals surface area contributed by atoms with Gasteiger partial charge < -0.3 is 19.5 Å². The van der Waals surface area contributed by atoms with Crippen molar-refractivity contribution in [3.8, 4) is 23.3 Å².